The Morgan fingerprint density at radius 1 is 1.80 bits per heavy atom. The molecule has 0 aliphatic carbocycles. The average molecular weight is 138 g/mol. The van der Waals surface area contributed by atoms with Gasteiger partial charge < -0.3 is 10.7 Å². The molecule has 1 rings (SSSR count). The largest absolute Gasteiger partial charge is 0.364 e. The van der Waals surface area contributed by atoms with Crippen LogP contribution >= 0.6 is 0 Å². The minimum atomic E-state index is -0.387. The fourth-order valence-electron chi connectivity index (χ4n) is 0.926. The summed E-state index contributed by atoms with van der Waals surface area (Å²) in [5, 5.41) is 0. The van der Waals surface area contributed by atoms with Gasteiger partial charge in [-0.1, -0.05) is 6.92 Å². The fourth-order valence-corrected chi connectivity index (χ4v) is 0.926. The molecular weight excluding hydrogens is 128 g/mol. The third-order valence-corrected chi connectivity index (χ3v) is 1.46. The minimum Gasteiger partial charge on any atom is -0.364 e. The summed E-state index contributed by atoms with van der Waals surface area (Å²) in [6.07, 6.45) is 2.56. The van der Waals surface area contributed by atoms with Crippen molar-refractivity contribution < 1.29 is 4.79 Å². The Bertz CT molecular complexity index is 240. The SMILES string of the molecule is CCc1cc[nH]c1C(N)=O. The number of aryl methyl sites for hydroxylation is 1. The van der Waals surface area contributed by atoms with Crippen LogP contribution in [0, 0.1) is 0 Å². The van der Waals surface area contributed by atoms with Gasteiger partial charge in [-0.25, -0.2) is 0 Å². The number of nitrogens with two attached hydrogens (primary N) is 1. The smallest absolute Gasteiger partial charge is 0.265 e. The summed E-state index contributed by atoms with van der Waals surface area (Å²) in [5.41, 5.74) is 6.57. The highest BCUT2D eigenvalue weighted by atomic mass is 16.1. The van der Waals surface area contributed by atoms with Crippen LogP contribution in [0.1, 0.15) is 23.0 Å². The Hall–Kier alpha value is -1.25. The summed E-state index contributed by atoms with van der Waals surface area (Å²) in [4.78, 5) is 13.4. The molecule has 3 heteroatoms. The lowest BCUT2D eigenvalue weighted by molar-refractivity contribution is 0.0995. The molecular formula is C7H10N2O. The van der Waals surface area contributed by atoms with E-state index in [1.807, 2.05) is 13.0 Å². The van der Waals surface area contributed by atoms with E-state index >= 15 is 0 Å². The van der Waals surface area contributed by atoms with Gasteiger partial charge in [0.2, 0.25) is 0 Å². The van der Waals surface area contributed by atoms with Crippen LogP contribution in [0.3, 0.4) is 0 Å². The number of carbonyl (C=O) groups is 1. The van der Waals surface area contributed by atoms with E-state index in [-0.39, 0.29) is 5.91 Å². The molecule has 1 aromatic heterocycles. The van der Waals surface area contributed by atoms with Crippen LogP contribution in [-0.4, -0.2) is 10.9 Å². The first kappa shape index (κ1) is 6.86. The number of H-pyrrole nitrogens is 1. The number of hydrogen-bond donors (Lipinski definition) is 2. The van der Waals surface area contributed by atoms with E-state index in [1.165, 1.54) is 0 Å². The van der Waals surface area contributed by atoms with Gasteiger partial charge in [0.1, 0.15) is 5.69 Å². The van der Waals surface area contributed by atoms with E-state index in [4.69, 9.17) is 5.73 Å². The Balaban J connectivity index is 3.01. The van der Waals surface area contributed by atoms with Gasteiger partial charge in [0.05, 0.1) is 0 Å². The lowest BCUT2D eigenvalue weighted by atomic mass is 10.2. The van der Waals surface area contributed by atoms with Gasteiger partial charge in [-0.3, -0.25) is 4.79 Å². The highest BCUT2D eigenvalue weighted by Crippen LogP contribution is 2.05. The van der Waals surface area contributed by atoms with E-state index in [1.54, 1.807) is 6.20 Å². The summed E-state index contributed by atoms with van der Waals surface area (Å²) < 4.78 is 0. The Morgan fingerprint density at radius 3 is 2.90 bits per heavy atom. The summed E-state index contributed by atoms with van der Waals surface area (Å²) >= 11 is 0. The van der Waals surface area contributed by atoms with Crippen molar-refractivity contribution in [1.29, 1.82) is 0 Å². The molecule has 10 heavy (non-hydrogen) atoms. The van der Waals surface area contributed by atoms with Gasteiger partial charge >= 0.3 is 0 Å². The van der Waals surface area contributed by atoms with E-state index in [9.17, 15) is 4.79 Å². The maximum absolute atomic E-state index is 10.6. The maximum Gasteiger partial charge on any atom is 0.265 e. The van der Waals surface area contributed by atoms with Gasteiger partial charge in [0.15, 0.2) is 0 Å². The molecule has 0 atom stereocenters. The third-order valence-electron chi connectivity index (χ3n) is 1.46. The molecule has 54 valence electrons. The van der Waals surface area contributed by atoms with Gasteiger partial charge in [0.25, 0.3) is 5.91 Å². The fraction of sp³-hybridized carbons (Fsp3) is 0.286. The number of carbonyl (C=O) groups excluding carboxylic acids is 1. The molecule has 3 nitrogen and oxygen atoms in total. The molecule has 0 bridgehead atoms. The standard InChI is InChI=1S/C7H10N2O/c1-2-5-3-4-9-6(5)7(8)10/h3-4,9H,2H2,1H3,(H2,8,10). The van der Waals surface area contributed by atoms with Crippen molar-refractivity contribution in [3.05, 3.63) is 23.5 Å². The molecule has 0 aliphatic heterocycles. The lowest BCUT2D eigenvalue weighted by Gasteiger charge is -1.93. The zero-order valence-electron chi connectivity index (χ0n) is 5.85. The second kappa shape index (κ2) is 2.56. The predicted octanol–water partition coefficient (Wildman–Crippen LogP) is 0.676. The normalized spacial score (nSPS) is 9.70. The molecule has 1 amide bonds. The van der Waals surface area contributed by atoms with Crippen LogP contribution < -0.4 is 5.73 Å². The summed E-state index contributed by atoms with van der Waals surface area (Å²) in [7, 11) is 0. The molecule has 0 spiro atoms. The van der Waals surface area contributed by atoms with Crippen molar-refractivity contribution in [2.45, 2.75) is 13.3 Å². The molecule has 0 radical (unpaired) electrons. The van der Waals surface area contributed by atoms with Crippen LogP contribution in [-0.2, 0) is 6.42 Å². The van der Waals surface area contributed by atoms with E-state index in [2.05, 4.69) is 4.98 Å². The van der Waals surface area contributed by atoms with Gasteiger partial charge in [0, 0.05) is 6.20 Å². The second-order valence-electron chi connectivity index (χ2n) is 2.10. The third kappa shape index (κ3) is 1.03. The summed E-state index contributed by atoms with van der Waals surface area (Å²) in [6, 6.07) is 1.86. The van der Waals surface area contributed by atoms with Crippen molar-refractivity contribution >= 4 is 5.91 Å². The van der Waals surface area contributed by atoms with Crippen LogP contribution in [0.15, 0.2) is 12.3 Å². The summed E-state index contributed by atoms with van der Waals surface area (Å²) in [6.45, 7) is 1.98. The van der Waals surface area contributed by atoms with Crippen LogP contribution in [0.25, 0.3) is 0 Å². The molecule has 0 aromatic carbocycles. The first-order valence-electron chi connectivity index (χ1n) is 3.21. The molecule has 0 aliphatic rings. The quantitative estimate of drug-likeness (QED) is 0.620. The number of amides is 1. The van der Waals surface area contributed by atoms with Gasteiger partial charge in [-0.2, -0.15) is 0 Å². The predicted molar refractivity (Wildman–Crippen MR) is 38.7 cm³/mol. The average Bonchev–Trinajstić information content (AvgIpc) is 2.33. The lowest BCUT2D eigenvalue weighted by Crippen LogP contribution is -2.13. The molecule has 0 saturated carbocycles. The number of primary amides is 1. The Morgan fingerprint density at radius 2 is 2.50 bits per heavy atom. The zero-order chi connectivity index (χ0) is 7.56. The number of rotatable bonds is 2. The Kier molecular flexibility index (Phi) is 1.76. The van der Waals surface area contributed by atoms with Crippen molar-refractivity contribution in [2.24, 2.45) is 5.73 Å². The van der Waals surface area contributed by atoms with Crippen LogP contribution in [0.2, 0.25) is 0 Å². The van der Waals surface area contributed by atoms with E-state index < -0.39 is 0 Å². The van der Waals surface area contributed by atoms with Crippen molar-refractivity contribution in [3.63, 3.8) is 0 Å². The first-order chi connectivity index (χ1) is 4.75. The number of hydrogen-bond acceptors (Lipinski definition) is 1. The monoisotopic (exact) mass is 138 g/mol. The number of nitrogens with one attached hydrogen (secondary N) is 1. The van der Waals surface area contributed by atoms with Crippen molar-refractivity contribution in [3.8, 4) is 0 Å². The highest BCUT2D eigenvalue weighted by molar-refractivity contribution is 5.92. The topological polar surface area (TPSA) is 58.9 Å². The van der Waals surface area contributed by atoms with E-state index in [0.717, 1.165) is 12.0 Å². The molecule has 1 aromatic rings. The zero-order valence-corrected chi connectivity index (χ0v) is 5.85. The highest BCUT2D eigenvalue weighted by Gasteiger charge is 2.05. The second-order valence-corrected chi connectivity index (χ2v) is 2.10. The van der Waals surface area contributed by atoms with Gasteiger partial charge in [-0.15, -0.1) is 0 Å². The van der Waals surface area contributed by atoms with Crippen molar-refractivity contribution in [2.75, 3.05) is 0 Å². The maximum atomic E-state index is 10.6. The molecule has 0 saturated heterocycles. The number of aromatic nitrogens is 1. The molecule has 3 N–H and O–H groups in total. The number of aromatic amines is 1. The Labute approximate surface area is 59.2 Å². The molecule has 1 heterocycles. The minimum absolute atomic E-state index is 0.387. The summed E-state index contributed by atoms with van der Waals surface area (Å²) in [5.74, 6) is -0.387. The van der Waals surface area contributed by atoms with E-state index in [0.29, 0.717) is 5.69 Å². The molecule has 0 fully saturated rings. The first-order valence-corrected chi connectivity index (χ1v) is 3.21. The van der Waals surface area contributed by atoms with Crippen LogP contribution in [0.5, 0.6) is 0 Å². The van der Waals surface area contributed by atoms with Crippen LogP contribution in [0.4, 0.5) is 0 Å². The molecule has 0 unspecified atom stereocenters. The van der Waals surface area contributed by atoms with Crippen molar-refractivity contribution in [1.82, 2.24) is 4.98 Å². The van der Waals surface area contributed by atoms with Gasteiger partial charge in [-0.05, 0) is 18.1 Å².